The van der Waals surface area contributed by atoms with E-state index < -0.39 is 4.92 Å². The molecule has 1 aromatic heterocycles. The number of aromatic amines is 1. The lowest BCUT2D eigenvalue weighted by Crippen LogP contribution is -2.29. The van der Waals surface area contributed by atoms with Crippen molar-refractivity contribution >= 4 is 44.9 Å². The third kappa shape index (κ3) is 5.48. The minimum atomic E-state index is -0.593. The number of nitrogens with zero attached hydrogens (tertiary/aromatic N) is 1. The molecule has 0 amide bonds. The number of nitrogens with one attached hydrogen (secondary N) is 2. The number of carbonyl (C=O) groups is 1. The Balaban J connectivity index is 1.26. The fourth-order valence-corrected chi connectivity index (χ4v) is 4.62. The van der Waals surface area contributed by atoms with E-state index in [2.05, 4.69) is 28.5 Å². The molecule has 1 heterocycles. The minimum Gasteiger partial charge on any atom is -0.493 e. The highest BCUT2D eigenvalue weighted by atomic mass is 35.5. The Morgan fingerprint density at radius 1 is 0.946 bits per heavy atom. The molecule has 0 spiro atoms. The SMILES string of the molecule is O=C(CNC(CCOc1ccc2c(c1)[nH]c1ccccc12)c1ccccc1)c1ccc(Cl)c([N+](=O)[O-])c1. The molecule has 0 saturated carbocycles. The number of ketones is 1. The molecule has 0 aliphatic heterocycles. The average Bonchev–Trinajstić information content (AvgIpc) is 3.29. The zero-order chi connectivity index (χ0) is 25.8. The molecule has 0 aliphatic rings. The lowest BCUT2D eigenvalue weighted by molar-refractivity contribution is -0.384. The van der Waals surface area contributed by atoms with Crippen molar-refractivity contribution in [3.63, 3.8) is 0 Å². The van der Waals surface area contributed by atoms with Gasteiger partial charge in [0.15, 0.2) is 5.78 Å². The quantitative estimate of drug-likeness (QED) is 0.121. The van der Waals surface area contributed by atoms with E-state index >= 15 is 0 Å². The fraction of sp³-hybridized carbons (Fsp3) is 0.138. The number of aromatic nitrogens is 1. The number of nitro groups is 1. The van der Waals surface area contributed by atoms with Gasteiger partial charge in [-0.25, -0.2) is 0 Å². The Kier molecular flexibility index (Phi) is 7.16. The minimum absolute atomic E-state index is 0.000504. The van der Waals surface area contributed by atoms with E-state index in [0.717, 1.165) is 27.7 Å². The smallest absolute Gasteiger partial charge is 0.288 e. The maximum absolute atomic E-state index is 12.8. The van der Waals surface area contributed by atoms with Gasteiger partial charge in [-0.05, 0) is 35.9 Å². The van der Waals surface area contributed by atoms with Crippen molar-refractivity contribution in [2.75, 3.05) is 13.2 Å². The number of carbonyl (C=O) groups excluding carboxylic acids is 1. The molecule has 7 nitrogen and oxygen atoms in total. The van der Waals surface area contributed by atoms with Gasteiger partial charge < -0.3 is 15.0 Å². The highest BCUT2D eigenvalue weighted by Gasteiger charge is 2.18. The molecule has 5 rings (SSSR count). The second kappa shape index (κ2) is 10.8. The third-order valence-corrected chi connectivity index (χ3v) is 6.65. The molecule has 5 aromatic rings. The van der Waals surface area contributed by atoms with Crippen molar-refractivity contribution in [1.82, 2.24) is 10.3 Å². The Hall–Kier alpha value is -4.20. The normalized spacial score (nSPS) is 12.0. The molecular formula is C29H24ClN3O4. The molecule has 8 heteroatoms. The maximum atomic E-state index is 12.8. The van der Waals surface area contributed by atoms with Gasteiger partial charge in [0.2, 0.25) is 0 Å². The fourth-order valence-electron chi connectivity index (χ4n) is 4.43. The van der Waals surface area contributed by atoms with E-state index in [-0.39, 0.29) is 34.6 Å². The van der Waals surface area contributed by atoms with Crippen LogP contribution in [0, 0.1) is 10.1 Å². The molecule has 37 heavy (non-hydrogen) atoms. The van der Waals surface area contributed by atoms with Crippen molar-refractivity contribution in [3.05, 3.63) is 117 Å². The molecule has 1 atom stereocenters. The molecule has 4 aromatic carbocycles. The van der Waals surface area contributed by atoms with Gasteiger partial charge in [0.1, 0.15) is 10.8 Å². The summed E-state index contributed by atoms with van der Waals surface area (Å²) in [5, 5.41) is 16.8. The number of hydrogen-bond donors (Lipinski definition) is 2. The van der Waals surface area contributed by atoms with E-state index in [1.54, 1.807) is 0 Å². The van der Waals surface area contributed by atoms with Gasteiger partial charge in [0, 0.05) is 46.4 Å². The van der Waals surface area contributed by atoms with Crippen LogP contribution in [0.2, 0.25) is 5.02 Å². The molecule has 186 valence electrons. The third-order valence-electron chi connectivity index (χ3n) is 6.33. The largest absolute Gasteiger partial charge is 0.493 e. The van der Waals surface area contributed by atoms with Gasteiger partial charge >= 0.3 is 0 Å². The maximum Gasteiger partial charge on any atom is 0.288 e. The molecule has 0 saturated heterocycles. The number of para-hydroxylation sites is 1. The van der Waals surface area contributed by atoms with Gasteiger partial charge in [-0.15, -0.1) is 0 Å². The molecule has 0 fully saturated rings. The second-order valence-corrected chi connectivity index (χ2v) is 9.11. The van der Waals surface area contributed by atoms with E-state index in [4.69, 9.17) is 16.3 Å². The van der Waals surface area contributed by atoms with Crippen LogP contribution >= 0.6 is 11.6 Å². The number of Topliss-reactive ketones (excluding diaryl/α,β-unsaturated/α-hetero) is 1. The van der Waals surface area contributed by atoms with Gasteiger partial charge in [0.05, 0.1) is 23.6 Å². The topological polar surface area (TPSA) is 97.3 Å². The van der Waals surface area contributed by atoms with Crippen LogP contribution in [0.5, 0.6) is 5.75 Å². The lowest BCUT2D eigenvalue weighted by Gasteiger charge is -2.19. The first-order valence-electron chi connectivity index (χ1n) is 11.9. The first kappa shape index (κ1) is 24.5. The van der Waals surface area contributed by atoms with Crippen LogP contribution in [0.4, 0.5) is 5.69 Å². The van der Waals surface area contributed by atoms with Gasteiger partial charge in [-0.1, -0.05) is 60.1 Å². The predicted molar refractivity (Wildman–Crippen MR) is 146 cm³/mol. The average molecular weight is 514 g/mol. The number of halogens is 1. The number of rotatable bonds is 10. The van der Waals surface area contributed by atoms with Crippen molar-refractivity contribution in [2.45, 2.75) is 12.5 Å². The van der Waals surface area contributed by atoms with Crippen LogP contribution in [-0.2, 0) is 0 Å². The van der Waals surface area contributed by atoms with E-state index in [9.17, 15) is 14.9 Å². The summed E-state index contributed by atoms with van der Waals surface area (Å²) < 4.78 is 6.07. The lowest BCUT2D eigenvalue weighted by atomic mass is 10.0. The first-order chi connectivity index (χ1) is 18.0. The Morgan fingerprint density at radius 3 is 2.51 bits per heavy atom. The number of benzene rings is 4. The summed E-state index contributed by atoms with van der Waals surface area (Å²) in [7, 11) is 0. The molecule has 2 N–H and O–H groups in total. The summed E-state index contributed by atoms with van der Waals surface area (Å²) in [6.45, 7) is 0.443. The van der Waals surface area contributed by atoms with Crippen molar-refractivity contribution < 1.29 is 14.5 Å². The number of hydrogen-bond acceptors (Lipinski definition) is 5. The highest BCUT2D eigenvalue weighted by molar-refractivity contribution is 6.32. The predicted octanol–water partition coefficient (Wildman–Crippen LogP) is 6.87. The molecular weight excluding hydrogens is 490 g/mol. The van der Waals surface area contributed by atoms with Crippen LogP contribution < -0.4 is 10.1 Å². The number of H-pyrrole nitrogens is 1. The Labute approximate surface area is 218 Å². The number of fused-ring (bicyclic) bond motifs is 3. The first-order valence-corrected chi connectivity index (χ1v) is 12.3. The molecule has 0 aliphatic carbocycles. The Bertz CT molecular complexity index is 1580. The van der Waals surface area contributed by atoms with Crippen LogP contribution in [0.1, 0.15) is 28.4 Å². The van der Waals surface area contributed by atoms with Gasteiger partial charge in [-0.3, -0.25) is 14.9 Å². The van der Waals surface area contributed by atoms with E-state index in [0.29, 0.717) is 13.0 Å². The number of ether oxygens (including phenoxy) is 1. The summed E-state index contributed by atoms with van der Waals surface area (Å²) in [6, 6.07) is 27.9. The summed E-state index contributed by atoms with van der Waals surface area (Å²) in [4.78, 5) is 26.8. The monoisotopic (exact) mass is 513 g/mol. The van der Waals surface area contributed by atoms with Gasteiger partial charge in [0.25, 0.3) is 5.69 Å². The van der Waals surface area contributed by atoms with E-state index in [1.165, 1.54) is 23.6 Å². The molecule has 0 radical (unpaired) electrons. The van der Waals surface area contributed by atoms with Crippen molar-refractivity contribution in [2.24, 2.45) is 0 Å². The molecule has 1 unspecified atom stereocenters. The van der Waals surface area contributed by atoms with Crippen molar-refractivity contribution in [1.29, 1.82) is 0 Å². The Morgan fingerprint density at radius 2 is 1.70 bits per heavy atom. The van der Waals surface area contributed by atoms with Crippen LogP contribution in [0.25, 0.3) is 21.8 Å². The summed E-state index contributed by atoms with van der Waals surface area (Å²) in [5.74, 6) is 0.501. The number of nitro benzene ring substituents is 1. The van der Waals surface area contributed by atoms with Gasteiger partial charge in [-0.2, -0.15) is 0 Å². The van der Waals surface area contributed by atoms with Crippen LogP contribution in [0.3, 0.4) is 0 Å². The summed E-state index contributed by atoms with van der Waals surface area (Å²) in [5.41, 5.74) is 3.07. The van der Waals surface area contributed by atoms with Crippen molar-refractivity contribution in [3.8, 4) is 5.75 Å². The zero-order valence-corrected chi connectivity index (χ0v) is 20.6. The standard InChI is InChI=1S/C29H24ClN3O4/c30-24-13-10-20(16-28(24)33(35)36)29(34)18-31-25(19-6-2-1-3-7-19)14-15-37-21-11-12-23-22-8-4-5-9-26(22)32-27(23)17-21/h1-13,16-17,25,31-32H,14-15,18H2. The summed E-state index contributed by atoms with van der Waals surface area (Å²) in [6.07, 6.45) is 0.614. The van der Waals surface area contributed by atoms with Crippen LogP contribution in [-0.4, -0.2) is 28.8 Å². The second-order valence-electron chi connectivity index (χ2n) is 8.71. The van der Waals surface area contributed by atoms with E-state index in [1.807, 2.05) is 54.6 Å². The highest BCUT2D eigenvalue weighted by Crippen LogP contribution is 2.29. The molecule has 0 bridgehead atoms. The van der Waals surface area contributed by atoms with Crippen LogP contribution in [0.15, 0.2) is 91.0 Å². The zero-order valence-electron chi connectivity index (χ0n) is 19.8. The summed E-state index contributed by atoms with van der Waals surface area (Å²) >= 11 is 5.88.